The maximum Gasteiger partial charge on any atom is 0.229 e. The van der Waals surface area contributed by atoms with Crippen LogP contribution in [-0.4, -0.2) is 49.6 Å². The highest BCUT2D eigenvalue weighted by molar-refractivity contribution is 6.30. The van der Waals surface area contributed by atoms with E-state index in [4.69, 9.17) is 16.6 Å². The van der Waals surface area contributed by atoms with E-state index >= 15 is 0 Å². The van der Waals surface area contributed by atoms with Crippen LogP contribution in [0.5, 0.6) is 0 Å². The minimum Gasteiger partial charge on any atom is -0.346 e. The topological polar surface area (TPSA) is 63.8 Å². The van der Waals surface area contributed by atoms with E-state index in [0.717, 1.165) is 36.0 Å². The first-order chi connectivity index (χ1) is 16.1. The molecular weight excluding hydrogens is 434 g/mol. The Bertz CT molecular complexity index is 1390. The number of fused-ring (bicyclic) bond motifs is 1. The molecule has 0 bridgehead atoms. The van der Waals surface area contributed by atoms with E-state index in [1.54, 1.807) is 12.4 Å². The van der Waals surface area contributed by atoms with E-state index in [-0.39, 0.29) is 0 Å². The number of rotatable bonds is 7. The summed E-state index contributed by atoms with van der Waals surface area (Å²) in [6.07, 6.45) is 7.52. The molecule has 2 aromatic carbocycles. The van der Waals surface area contributed by atoms with Crippen LogP contribution in [0.2, 0.25) is 5.02 Å². The van der Waals surface area contributed by atoms with Crippen LogP contribution in [0.25, 0.3) is 28.1 Å². The molecule has 1 N–H and O–H groups in total. The molecule has 0 aliphatic heterocycles. The average Bonchev–Trinajstić information content (AvgIpc) is 3.45. The Morgan fingerprint density at radius 2 is 1.79 bits per heavy atom. The number of anilines is 2. The summed E-state index contributed by atoms with van der Waals surface area (Å²) in [6.45, 7) is 1.95. The van der Waals surface area contributed by atoms with Crippen molar-refractivity contribution in [2.24, 2.45) is 0 Å². The number of benzene rings is 2. The summed E-state index contributed by atoms with van der Waals surface area (Å²) < 4.78 is 4.21. The maximum atomic E-state index is 6.03. The Morgan fingerprint density at radius 3 is 2.61 bits per heavy atom. The van der Waals surface area contributed by atoms with Gasteiger partial charge in [0.15, 0.2) is 0 Å². The van der Waals surface area contributed by atoms with Crippen molar-refractivity contribution in [2.45, 2.75) is 6.54 Å². The van der Waals surface area contributed by atoms with Crippen molar-refractivity contribution in [3.8, 4) is 17.2 Å². The van der Waals surface area contributed by atoms with E-state index in [1.165, 1.54) is 10.9 Å². The fourth-order valence-corrected chi connectivity index (χ4v) is 3.88. The molecule has 0 saturated heterocycles. The fourth-order valence-electron chi connectivity index (χ4n) is 3.75. The number of hydrogen-bond donors (Lipinski definition) is 1. The minimum absolute atomic E-state index is 0.523. The van der Waals surface area contributed by atoms with E-state index in [1.807, 2.05) is 41.1 Å². The quantitative estimate of drug-likeness (QED) is 0.362. The summed E-state index contributed by atoms with van der Waals surface area (Å²) in [5, 5.41) is 5.20. The van der Waals surface area contributed by atoms with Gasteiger partial charge in [-0.3, -0.25) is 4.57 Å². The highest BCUT2D eigenvalue weighted by Crippen LogP contribution is 2.25. The Hall–Kier alpha value is -3.68. The molecule has 0 aliphatic carbocycles. The van der Waals surface area contributed by atoms with Crippen molar-refractivity contribution in [1.29, 1.82) is 0 Å². The molecule has 3 aromatic heterocycles. The fraction of sp³-hybridized carbons (Fsp3) is 0.160. The molecule has 33 heavy (non-hydrogen) atoms. The normalized spacial score (nSPS) is 11.4. The van der Waals surface area contributed by atoms with Gasteiger partial charge in [-0.25, -0.2) is 9.97 Å². The molecule has 0 aliphatic rings. The summed E-state index contributed by atoms with van der Waals surface area (Å²) >= 11 is 6.03. The van der Waals surface area contributed by atoms with Crippen LogP contribution in [0, 0.1) is 0 Å². The summed E-state index contributed by atoms with van der Waals surface area (Å²) in [5.41, 5.74) is 3.11. The van der Waals surface area contributed by atoms with Crippen LogP contribution in [-0.2, 0) is 6.54 Å². The molecule has 0 unspecified atom stereocenters. The van der Waals surface area contributed by atoms with E-state index < -0.39 is 0 Å². The largest absolute Gasteiger partial charge is 0.346 e. The molecule has 0 fully saturated rings. The predicted octanol–water partition coefficient (Wildman–Crippen LogP) is 5.24. The van der Waals surface area contributed by atoms with Crippen LogP contribution in [0.4, 0.5) is 11.6 Å². The molecule has 0 saturated carbocycles. The van der Waals surface area contributed by atoms with Crippen molar-refractivity contribution in [1.82, 2.24) is 29.0 Å². The molecule has 0 amide bonds. The zero-order valence-corrected chi connectivity index (χ0v) is 19.2. The van der Waals surface area contributed by atoms with Crippen LogP contribution < -0.4 is 5.32 Å². The van der Waals surface area contributed by atoms with Gasteiger partial charge in [-0.2, -0.15) is 4.98 Å². The summed E-state index contributed by atoms with van der Waals surface area (Å²) in [7, 11) is 4.17. The van der Waals surface area contributed by atoms with Gasteiger partial charge in [-0.1, -0.05) is 11.6 Å². The molecule has 3 heterocycles. The number of aromatic nitrogens is 5. The van der Waals surface area contributed by atoms with Crippen LogP contribution >= 0.6 is 11.6 Å². The lowest BCUT2D eigenvalue weighted by Gasteiger charge is -2.12. The first-order valence-corrected chi connectivity index (χ1v) is 11.1. The van der Waals surface area contributed by atoms with Gasteiger partial charge >= 0.3 is 0 Å². The van der Waals surface area contributed by atoms with E-state index in [0.29, 0.717) is 11.0 Å². The molecule has 0 spiro atoms. The first kappa shape index (κ1) is 21.2. The SMILES string of the molecule is CN(C)CCn1ccc2cc(Nc3nccc(-n4ccnc4-c4ccc(Cl)cc4)n3)ccc21. The first-order valence-electron chi connectivity index (χ1n) is 10.7. The van der Waals surface area contributed by atoms with Gasteiger partial charge in [0.1, 0.15) is 11.6 Å². The van der Waals surface area contributed by atoms with Gasteiger partial charge in [0.25, 0.3) is 0 Å². The third-order valence-corrected chi connectivity index (χ3v) is 5.70. The van der Waals surface area contributed by atoms with E-state index in [2.05, 4.69) is 69.3 Å². The lowest BCUT2D eigenvalue weighted by atomic mass is 10.2. The molecule has 166 valence electrons. The zero-order valence-electron chi connectivity index (χ0n) is 18.5. The zero-order chi connectivity index (χ0) is 22.8. The number of nitrogens with zero attached hydrogens (tertiary/aromatic N) is 6. The van der Waals surface area contributed by atoms with Crippen molar-refractivity contribution in [2.75, 3.05) is 26.0 Å². The Balaban J connectivity index is 1.39. The van der Waals surface area contributed by atoms with Crippen LogP contribution in [0.3, 0.4) is 0 Å². The average molecular weight is 458 g/mol. The van der Waals surface area contributed by atoms with Crippen molar-refractivity contribution >= 4 is 34.1 Å². The molecule has 8 heteroatoms. The molecule has 7 nitrogen and oxygen atoms in total. The number of halogens is 1. The second kappa shape index (κ2) is 9.05. The molecule has 5 rings (SSSR count). The number of nitrogens with one attached hydrogen (secondary N) is 1. The van der Waals surface area contributed by atoms with Gasteiger partial charge in [-0.05, 0) is 68.7 Å². The van der Waals surface area contributed by atoms with Gasteiger partial charge in [0, 0.05) is 65.1 Å². The number of imidazole rings is 1. The highest BCUT2D eigenvalue weighted by atomic mass is 35.5. The lowest BCUT2D eigenvalue weighted by Crippen LogP contribution is -2.17. The Morgan fingerprint density at radius 1 is 0.939 bits per heavy atom. The van der Waals surface area contributed by atoms with Gasteiger partial charge in [0.2, 0.25) is 5.95 Å². The molecule has 5 aromatic rings. The van der Waals surface area contributed by atoms with Crippen molar-refractivity contribution in [3.63, 3.8) is 0 Å². The Labute approximate surface area is 197 Å². The van der Waals surface area contributed by atoms with Gasteiger partial charge < -0.3 is 14.8 Å². The minimum atomic E-state index is 0.523. The summed E-state index contributed by atoms with van der Waals surface area (Å²) in [4.78, 5) is 15.8. The van der Waals surface area contributed by atoms with Crippen molar-refractivity contribution < 1.29 is 0 Å². The van der Waals surface area contributed by atoms with Gasteiger partial charge in [0.05, 0.1) is 0 Å². The molecule has 0 atom stereocenters. The standard InChI is InChI=1S/C25H24ClN7/c1-31(2)15-16-32-13-10-19-17-21(7-8-22(19)32)29-25-28-11-9-23(30-25)33-14-12-27-24(33)18-3-5-20(26)6-4-18/h3-14,17H,15-16H2,1-2H3,(H,28,29,30). The number of hydrogen-bond acceptors (Lipinski definition) is 5. The monoisotopic (exact) mass is 457 g/mol. The van der Waals surface area contributed by atoms with Crippen molar-refractivity contribution in [3.05, 3.63) is 84.4 Å². The van der Waals surface area contributed by atoms with Gasteiger partial charge in [-0.15, -0.1) is 0 Å². The van der Waals surface area contributed by atoms with E-state index in [9.17, 15) is 0 Å². The third kappa shape index (κ3) is 4.60. The summed E-state index contributed by atoms with van der Waals surface area (Å²) in [6, 6.07) is 17.9. The molecular formula is C25H24ClN7. The van der Waals surface area contributed by atoms with Crippen LogP contribution in [0.15, 0.2) is 79.4 Å². The predicted molar refractivity (Wildman–Crippen MR) is 133 cm³/mol. The third-order valence-electron chi connectivity index (χ3n) is 5.45. The highest BCUT2D eigenvalue weighted by Gasteiger charge is 2.10. The van der Waals surface area contributed by atoms with Crippen LogP contribution in [0.1, 0.15) is 0 Å². The lowest BCUT2D eigenvalue weighted by molar-refractivity contribution is 0.387. The number of likely N-dealkylation sites (N-methyl/N-ethyl adjacent to an activating group) is 1. The maximum absolute atomic E-state index is 6.03. The second-order valence-electron chi connectivity index (χ2n) is 8.08. The smallest absolute Gasteiger partial charge is 0.229 e. The Kier molecular flexibility index (Phi) is 5.81. The summed E-state index contributed by atoms with van der Waals surface area (Å²) in [5.74, 6) is 2.04. The molecule has 0 radical (unpaired) electrons. The second-order valence-corrected chi connectivity index (χ2v) is 8.51.